The summed E-state index contributed by atoms with van der Waals surface area (Å²) in [6, 6.07) is 9.84. The molecule has 1 heterocycles. The normalized spacial score (nSPS) is 20.4. The molecule has 3 rings (SSSR count). The molecule has 1 saturated carbocycles. The average molecular weight is 322 g/mol. The van der Waals surface area contributed by atoms with E-state index in [9.17, 15) is 4.79 Å². The van der Waals surface area contributed by atoms with Crippen molar-refractivity contribution in [1.82, 2.24) is 15.5 Å². The Bertz CT molecular complexity index is 643. The number of aromatic nitrogens is 2. The molecule has 1 amide bonds. The summed E-state index contributed by atoms with van der Waals surface area (Å²) < 4.78 is 0. The Morgan fingerprint density at radius 1 is 1.27 bits per heavy atom. The zero-order valence-electron chi connectivity index (χ0n) is 12.1. The van der Waals surface area contributed by atoms with Gasteiger partial charge >= 0.3 is 0 Å². The van der Waals surface area contributed by atoms with Crippen LogP contribution in [0, 0.1) is 0 Å². The number of rotatable bonds is 3. The maximum Gasteiger partial charge on any atom is 0.270 e. The number of nitrogens with two attached hydrogens (primary N) is 2. The highest BCUT2D eigenvalue weighted by atomic mass is 35.5. The molecule has 6 nitrogen and oxygen atoms in total. The number of hydrogen-bond acceptors (Lipinski definition) is 4. The molecule has 1 aromatic heterocycles. The number of aromatic amines is 1. The van der Waals surface area contributed by atoms with Crippen molar-refractivity contribution in [2.75, 3.05) is 5.73 Å². The summed E-state index contributed by atoms with van der Waals surface area (Å²) in [7, 11) is 0. The first-order valence-electron chi connectivity index (χ1n) is 7.11. The van der Waals surface area contributed by atoms with Gasteiger partial charge in [0.1, 0.15) is 5.69 Å². The fourth-order valence-electron chi connectivity index (χ4n) is 2.82. The molecule has 1 aliphatic rings. The van der Waals surface area contributed by atoms with Gasteiger partial charge in [-0.2, -0.15) is 5.10 Å². The number of halogens is 1. The molecule has 1 aliphatic carbocycles. The van der Waals surface area contributed by atoms with Crippen LogP contribution in [0.3, 0.4) is 0 Å². The van der Waals surface area contributed by atoms with E-state index < -0.39 is 0 Å². The molecule has 0 unspecified atom stereocenters. The molecule has 0 aliphatic heterocycles. The quantitative estimate of drug-likeness (QED) is 0.689. The Labute approximate surface area is 135 Å². The summed E-state index contributed by atoms with van der Waals surface area (Å²) in [6.07, 6.45) is 2.68. The van der Waals surface area contributed by atoms with E-state index in [0.717, 1.165) is 24.8 Å². The van der Waals surface area contributed by atoms with Crippen LogP contribution in [-0.2, 0) is 0 Å². The second-order valence-corrected chi connectivity index (χ2v) is 5.47. The predicted octanol–water partition coefficient (Wildman–Crippen LogP) is 1.69. The molecule has 22 heavy (non-hydrogen) atoms. The highest BCUT2D eigenvalue weighted by Gasteiger charge is 2.26. The van der Waals surface area contributed by atoms with E-state index in [-0.39, 0.29) is 30.4 Å². The maximum atomic E-state index is 12.4. The number of carbonyl (C=O) groups is 1. The van der Waals surface area contributed by atoms with E-state index >= 15 is 0 Å². The lowest BCUT2D eigenvalue weighted by molar-refractivity contribution is 0.0933. The van der Waals surface area contributed by atoms with Crippen molar-refractivity contribution >= 4 is 24.1 Å². The summed E-state index contributed by atoms with van der Waals surface area (Å²) >= 11 is 0. The van der Waals surface area contributed by atoms with Gasteiger partial charge in [-0.15, -0.1) is 12.4 Å². The predicted molar refractivity (Wildman–Crippen MR) is 88.8 cm³/mol. The number of amides is 1. The topological polar surface area (TPSA) is 110 Å². The first-order chi connectivity index (χ1) is 10.1. The number of nitrogens with one attached hydrogen (secondary N) is 2. The average Bonchev–Trinajstić information content (AvgIpc) is 3.06. The van der Waals surface area contributed by atoms with Crippen molar-refractivity contribution in [2.45, 2.75) is 31.3 Å². The minimum absolute atomic E-state index is 0. The number of nitrogens with zero attached hydrogens (tertiary/aromatic N) is 1. The number of anilines is 1. The second kappa shape index (κ2) is 6.81. The van der Waals surface area contributed by atoms with Crippen LogP contribution in [0.1, 0.15) is 29.8 Å². The SMILES string of the molecule is Cl.Nc1n[nH]c(C(=O)N[C@@H]2CC[C@@H](N)C2)c1-c1ccccc1. The number of nitrogen functional groups attached to an aromatic ring is 1. The van der Waals surface area contributed by atoms with Crippen LogP contribution in [0.5, 0.6) is 0 Å². The van der Waals surface area contributed by atoms with E-state index in [1.54, 1.807) is 0 Å². The molecule has 2 aromatic rings. The van der Waals surface area contributed by atoms with E-state index in [0.29, 0.717) is 17.1 Å². The highest BCUT2D eigenvalue weighted by molar-refractivity contribution is 6.01. The third-order valence-electron chi connectivity index (χ3n) is 3.89. The Hall–Kier alpha value is -2.05. The van der Waals surface area contributed by atoms with Crippen LogP contribution in [0.2, 0.25) is 0 Å². The summed E-state index contributed by atoms with van der Waals surface area (Å²) in [5, 5.41) is 9.71. The largest absolute Gasteiger partial charge is 0.382 e. The molecule has 1 aromatic carbocycles. The lowest BCUT2D eigenvalue weighted by atomic mass is 10.0. The molecular formula is C15H20ClN5O. The van der Waals surface area contributed by atoms with Crippen molar-refractivity contribution < 1.29 is 4.79 Å². The Morgan fingerprint density at radius 2 is 2.00 bits per heavy atom. The maximum absolute atomic E-state index is 12.4. The number of H-pyrrole nitrogens is 1. The first-order valence-corrected chi connectivity index (χ1v) is 7.11. The Morgan fingerprint density at radius 3 is 2.64 bits per heavy atom. The molecule has 0 radical (unpaired) electrons. The van der Waals surface area contributed by atoms with Crippen LogP contribution < -0.4 is 16.8 Å². The van der Waals surface area contributed by atoms with Gasteiger partial charge in [0.15, 0.2) is 5.82 Å². The third-order valence-corrected chi connectivity index (χ3v) is 3.89. The number of carbonyl (C=O) groups excluding carboxylic acids is 1. The van der Waals surface area contributed by atoms with Gasteiger partial charge in [-0.3, -0.25) is 9.89 Å². The van der Waals surface area contributed by atoms with Crippen LogP contribution in [-0.4, -0.2) is 28.2 Å². The van der Waals surface area contributed by atoms with Crippen LogP contribution in [0.15, 0.2) is 30.3 Å². The third kappa shape index (κ3) is 3.23. The van der Waals surface area contributed by atoms with Crippen molar-refractivity contribution in [3.8, 4) is 11.1 Å². The fraction of sp³-hybridized carbons (Fsp3) is 0.333. The van der Waals surface area contributed by atoms with Crippen molar-refractivity contribution in [3.05, 3.63) is 36.0 Å². The molecule has 7 heteroatoms. The molecule has 118 valence electrons. The summed E-state index contributed by atoms with van der Waals surface area (Å²) in [5.41, 5.74) is 13.7. The van der Waals surface area contributed by atoms with Crippen LogP contribution in [0.25, 0.3) is 11.1 Å². The van der Waals surface area contributed by atoms with E-state index in [1.165, 1.54) is 0 Å². The lowest BCUT2D eigenvalue weighted by Crippen LogP contribution is -2.34. The standard InChI is InChI=1S/C15H19N5O.ClH/c16-10-6-7-11(8-10)18-15(21)13-12(14(17)20-19-13)9-4-2-1-3-5-9;/h1-5,10-11H,6-8,16H2,(H,18,21)(H3,17,19,20);1H/t10-,11-;/m1./s1. The zero-order chi connectivity index (χ0) is 14.8. The van der Waals surface area contributed by atoms with Gasteiger partial charge in [0.2, 0.25) is 0 Å². The summed E-state index contributed by atoms with van der Waals surface area (Å²) in [5.74, 6) is 0.145. The second-order valence-electron chi connectivity index (χ2n) is 5.47. The Kier molecular flexibility index (Phi) is 5.05. The van der Waals surface area contributed by atoms with Gasteiger partial charge < -0.3 is 16.8 Å². The molecule has 1 fully saturated rings. The fourth-order valence-corrected chi connectivity index (χ4v) is 2.82. The van der Waals surface area contributed by atoms with Crippen molar-refractivity contribution in [1.29, 1.82) is 0 Å². The van der Waals surface area contributed by atoms with Gasteiger partial charge in [-0.05, 0) is 24.8 Å². The molecule has 0 saturated heterocycles. The molecule has 0 bridgehead atoms. The van der Waals surface area contributed by atoms with Gasteiger partial charge in [-0.1, -0.05) is 30.3 Å². The molecule has 0 spiro atoms. The summed E-state index contributed by atoms with van der Waals surface area (Å²) in [4.78, 5) is 12.4. The van der Waals surface area contributed by atoms with Crippen LogP contribution in [0.4, 0.5) is 5.82 Å². The molecular weight excluding hydrogens is 302 g/mol. The van der Waals surface area contributed by atoms with Gasteiger partial charge in [-0.25, -0.2) is 0 Å². The van der Waals surface area contributed by atoms with Gasteiger partial charge in [0, 0.05) is 12.1 Å². The van der Waals surface area contributed by atoms with Gasteiger partial charge in [0.25, 0.3) is 5.91 Å². The monoisotopic (exact) mass is 321 g/mol. The summed E-state index contributed by atoms with van der Waals surface area (Å²) in [6.45, 7) is 0. The minimum Gasteiger partial charge on any atom is -0.382 e. The molecule has 6 N–H and O–H groups in total. The zero-order valence-corrected chi connectivity index (χ0v) is 12.9. The number of hydrogen-bond donors (Lipinski definition) is 4. The van der Waals surface area contributed by atoms with E-state index in [1.807, 2.05) is 30.3 Å². The highest BCUT2D eigenvalue weighted by Crippen LogP contribution is 2.28. The van der Waals surface area contributed by atoms with E-state index in [4.69, 9.17) is 11.5 Å². The Balaban J connectivity index is 0.00000176. The first kappa shape index (κ1) is 16.3. The van der Waals surface area contributed by atoms with E-state index in [2.05, 4.69) is 15.5 Å². The van der Waals surface area contributed by atoms with Crippen molar-refractivity contribution in [2.24, 2.45) is 5.73 Å². The lowest BCUT2D eigenvalue weighted by Gasteiger charge is -2.12. The van der Waals surface area contributed by atoms with Gasteiger partial charge in [0.05, 0.1) is 5.56 Å². The van der Waals surface area contributed by atoms with Crippen molar-refractivity contribution in [3.63, 3.8) is 0 Å². The molecule has 2 atom stereocenters. The number of benzene rings is 1. The smallest absolute Gasteiger partial charge is 0.270 e. The minimum atomic E-state index is -0.183. The van der Waals surface area contributed by atoms with Crippen LogP contribution >= 0.6 is 12.4 Å².